The maximum absolute atomic E-state index is 12.4. The second kappa shape index (κ2) is 6.41. The summed E-state index contributed by atoms with van der Waals surface area (Å²) < 4.78 is 5.18. The minimum absolute atomic E-state index is 0.191. The zero-order chi connectivity index (χ0) is 16.4. The molecule has 8 heteroatoms. The largest absolute Gasteiger partial charge is 0.336 e. The van der Waals surface area contributed by atoms with E-state index in [9.17, 15) is 4.79 Å². The van der Waals surface area contributed by atoms with Gasteiger partial charge in [0.05, 0.1) is 16.6 Å². The Kier molecular flexibility index (Phi) is 4.33. The van der Waals surface area contributed by atoms with Gasteiger partial charge >= 0.3 is 0 Å². The highest BCUT2D eigenvalue weighted by Gasteiger charge is 2.16. The summed E-state index contributed by atoms with van der Waals surface area (Å²) in [6.45, 7) is 6.10. The van der Waals surface area contributed by atoms with E-state index in [1.807, 2.05) is 13.8 Å². The lowest BCUT2D eigenvalue weighted by Crippen LogP contribution is -2.12. The van der Waals surface area contributed by atoms with Crippen molar-refractivity contribution in [3.05, 3.63) is 28.5 Å². The topological polar surface area (TPSA) is 93.8 Å². The summed E-state index contributed by atoms with van der Waals surface area (Å²) in [5, 5.41) is 17.0. The molecular formula is C15H17N5O2S. The van der Waals surface area contributed by atoms with Crippen molar-refractivity contribution < 1.29 is 9.32 Å². The van der Waals surface area contributed by atoms with Crippen LogP contribution in [0.4, 0.5) is 5.13 Å². The van der Waals surface area contributed by atoms with Gasteiger partial charge < -0.3 is 4.52 Å². The number of carbonyl (C=O) groups is 1. The van der Waals surface area contributed by atoms with Crippen LogP contribution >= 0.6 is 11.3 Å². The van der Waals surface area contributed by atoms with Crippen molar-refractivity contribution >= 4 is 33.5 Å². The number of aromatic nitrogens is 4. The van der Waals surface area contributed by atoms with Gasteiger partial charge in [-0.1, -0.05) is 37.3 Å². The van der Waals surface area contributed by atoms with E-state index in [-0.39, 0.29) is 11.8 Å². The van der Waals surface area contributed by atoms with Crippen molar-refractivity contribution in [2.24, 2.45) is 0 Å². The van der Waals surface area contributed by atoms with Crippen LogP contribution in [0, 0.1) is 0 Å². The van der Waals surface area contributed by atoms with Gasteiger partial charge in [0.25, 0.3) is 11.6 Å². The monoisotopic (exact) mass is 331 g/mol. The fraction of sp³-hybridized carbons (Fsp3) is 0.400. The van der Waals surface area contributed by atoms with Crippen LogP contribution in [0.3, 0.4) is 0 Å². The average molecular weight is 331 g/mol. The maximum atomic E-state index is 12.4. The summed E-state index contributed by atoms with van der Waals surface area (Å²) in [6, 6.07) is 1.75. The molecule has 0 bridgehead atoms. The maximum Gasteiger partial charge on any atom is 0.259 e. The van der Waals surface area contributed by atoms with Gasteiger partial charge in [0, 0.05) is 12.6 Å². The normalized spacial score (nSPS) is 11.3. The van der Waals surface area contributed by atoms with Crippen molar-refractivity contribution in [2.45, 2.75) is 39.5 Å². The summed E-state index contributed by atoms with van der Waals surface area (Å²) >= 11 is 1.39. The first-order valence-corrected chi connectivity index (χ1v) is 8.29. The third kappa shape index (κ3) is 3.21. The van der Waals surface area contributed by atoms with Crippen LogP contribution in [0.5, 0.6) is 0 Å². The predicted octanol–water partition coefficient (Wildman–Crippen LogP) is 3.40. The molecule has 0 aromatic carbocycles. The van der Waals surface area contributed by atoms with Gasteiger partial charge in [-0.15, -0.1) is 10.2 Å². The Bertz CT molecular complexity index is 839. The van der Waals surface area contributed by atoms with E-state index >= 15 is 0 Å². The number of amides is 1. The molecule has 3 aromatic heterocycles. The molecule has 3 heterocycles. The van der Waals surface area contributed by atoms with E-state index in [1.54, 1.807) is 6.07 Å². The van der Waals surface area contributed by atoms with Crippen LogP contribution in [-0.4, -0.2) is 26.2 Å². The molecule has 1 N–H and O–H groups in total. The molecule has 0 unspecified atom stereocenters. The van der Waals surface area contributed by atoms with Gasteiger partial charge in [-0.2, -0.15) is 0 Å². The number of anilines is 1. The molecule has 0 fully saturated rings. The van der Waals surface area contributed by atoms with Crippen LogP contribution in [-0.2, 0) is 6.42 Å². The third-order valence-electron chi connectivity index (χ3n) is 3.32. The van der Waals surface area contributed by atoms with E-state index in [0.29, 0.717) is 16.4 Å². The van der Waals surface area contributed by atoms with Crippen LogP contribution in [0.25, 0.3) is 11.1 Å². The molecule has 0 aliphatic heterocycles. The Morgan fingerprint density at radius 3 is 2.96 bits per heavy atom. The fourth-order valence-electron chi connectivity index (χ4n) is 2.18. The SMILES string of the molecule is CCCc1nnc(NC(=O)c2cnc3onc(C(C)C)c3c2)s1. The number of nitrogens with zero attached hydrogens (tertiary/aromatic N) is 4. The van der Waals surface area contributed by atoms with Gasteiger partial charge in [0.2, 0.25) is 5.13 Å². The second-order valence-corrected chi connectivity index (χ2v) is 6.57. The van der Waals surface area contributed by atoms with Crippen molar-refractivity contribution in [3.63, 3.8) is 0 Å². The highest BCUT2D eigenvalue weighted by molar-refractivity contribution is 7.15. The Hall–Kier alpha value is -2.35. The molecule has 1 amide bonds. The molecule has 0 radical (unpaired) electrons. The lowest BCUT2D eigenvalue weighted by Gasteiger charge is -2.02. The first-order valence-electron chi connectivity index (χ1n) is 7.47. The summed E-state index contributed by atoms with van der Waals surface area (Å²) in [5.41, 5.74) is 1.67. The Balaban J connectivity index is 1.83. The summed E-state index contributed by atoms with van der Waals surface area (Å²) in [4.78, 5) is 16.5. The molecule has 0 atom stereocenters. The lowest BCUT2D eigenvalue weighted by atomic mass is 10.1. The molecule has 3 aromatic rings. The lowest BCUT2D eigenvalue weighted by molar-refractivity contribution is 0.102. The van der Waals surface area contributed by atoms with E-state index in [1.165, 1.54) is 17.5 Å². The number of aryl methyl sites for hydroxylation is 1. The second-order valence-electron chi connectivity index (χ2n) is 5.50. The molecule has 0 saturated carbocycles. The van der Waals surface area contributed by atoms with E-state index in [2.05, 4.69) is 32.6 Å². The molecule has 120 valence electrons. The van der Waals surface area contributed by atoms with Gasteiger partial charge in [-0.05, 0) is 18.4 Å². The summed E-state index contributed by atoms with van der Waals surface area (Å²) in [7, 11) is 0. The highest BCUT2D eigenvalue weighted by Crippen LogP contribution is 2.24. The molecule has 7 nitrogen and oxygen atoms in total. The van der Waals surface area contributed by atoms with Crippen LogP contribution in [0.2, 0.25) is 0 Å². The van der Waals surface area contributed by atoms with E-state index < -0.39 is 0 Å². The number of nitrogens with one attached hydrogen (secondary N) is 1. The van der Waals surface area contributed by atoms with Gasteiger partial charge in [-0.25, -0.2) is 4.98 Å². The van der Waals surface area contributed by atoms with Crippen LogP contribution < -0.4 is 5.32 Å². The number of pyridine rings is 1. The van der Waals surface area contributed by atoms with Gasteiger partial charge in [0.1, 0.15) is 5.01 Å². The Labute approximate surface area is 137 Å². The first-order chi connectivity index (χ1) is 11.1. The van der Waals surface area contributed by atoms with Gasteiger partial charge in [0.15, 0.2) is 0 Å². The quantitative estimate of drug-likeness (QED) is 0.770. The number of carbonyl (C=O) groups excluding carboxylic acids is 1. The molecule has 3 rings (SSSR count). The fourth-order valence-corrected chi connectivity index (χ4v) is 3.02. The molecule has 0 spiro atoms. The molecular weight excluding hydrogens is 314 g/mol. The molecule has 23 heavy (non-hydrogen) atoms. The van der Waals surface area contributed by atoms with E-state index in [4.69, 9.17) is 4.52 Å². The zero-order valence-corrected chi connectivity index (χ0v) is 14.0. The van der Waals surface area contributed by atoms with Crippen molar-refractivity contribution in [2.75, 3.05) is 5.32 Å². The number of hydrogen-bond donors (Lipinski definition) is 1. The van der Waals surface area contributed by atoms with Crippen LogP contribution in [0.15, 0.2) is 16.8 Å². The third-order valence-corrected chi connectivity index (χ3v) is 4.22. The molecule has 0 saturated heterocycles. The standard InChI is InChI=1S/C15H17N5O2S/c1-4-5-11-18-19-15(23-11)17-13(21)9-6-10-12(8(2)3)20-22-14(10)16-7-9/h6-8H,4-5H2,1-3H3,(H,17,19,21). The Morgan fingerprint density at radius 2 is 2.22 bits per heavy atom. The number of rotatable bonds is 5. The van der Waals surface area contributed by atoms with Crippen LogP contribution in [0.1, 0.15) is 54.2 Å². The first kappa shape index (κ1) is 15.5. The Morgan fingerprint density at radius 1 is 1.39 bits per heavy atom. The summed E-state index contributed by atoms with van der Waals surface area (Å²) in [5.74, 6) is -0.0781. The van der Waals surface area contributed by atoms with Crippen molar-refractivity contribution in [1.82, 2.24) is 20.3 Å². The molecule has 0 aliphatic rings. The highest BCUT2D eigenvalue weighted by atomic mass is 32.1. The smallest absolute Gasteiger partial charge is 0.259 e. The minimum Gasteiger partial charge on any atom is -0.336 e. The number of fused-ring (bicyclic) bond motifs is 1. The predicted molar refractivity (Wildman–Crippen MR) is 87.8 cm³/mol. The number of hydrogen-bond acceptors (Lipinski definition) is 7. The van der Waals surface area contributed by atoms with Gasteiger partial charge in [-0.3, -0.25) is 10.1 Å². The minimum atomic E-state index is -0.269. The van der Waals surface area contributed by atoms with Crippen molar-refractivity contribution in [3.8, 4) is 0 Å². The zero-order valence-electron chi connectivity index (χ0n) is 13.2. The molecule has 0 aliphatic carbocycles. The van der Waals surface area contributed by atoms with Crippen molar-refractivity contribution in [1.29, 1.82) is 0 Å². The summed E-state index contributed by atoms with van der Waals surface area (Å²) in [6.07, 6.45) is 3.33. The average Bonchev–Trinajstić information content (AvgIpc) is 3.13. The van der Waals surface area contributed by atoms with E-state index in [0.717, 1.165) is 28.9 Å².